The van der Waals surface area contributed by atoms with Gasteiger partial charge in [0.1, 0.15) is 16.5 Å². The molecule has 6 nitrogen and oxygen atoms in total. The van der Waals surface area contributed by atoms with Crippen molar-refractivity contribution in [2.75, 3.05) is 38.7 Å². The van der Waals surface area contributed by atoms with Crippen molar-refractivity contribution < 1.29 is 22.3 Å². The Kier molecular flexibility index (Phi) is 5.98. The van der Waals surface area contributed by atoms with Crippen LogP contribution in [0, 0.1) is 5.82 Å². The van der Waals surface area contributed by atoms with E-state index >= 15 is 0 Å². The van der Waals surface area contributed by atoms with E-state index in [9.17, 15) is 12.8 Å². The van der Waals surface area contributed by atoms with Crippen LogP contribution in [0.2, 0.25) is 0 Å². The molecule has 1 heterocycles. The largest absolute Gasteiger partial charge is 0.495 e. The van der Waals surface area contributed by atoms with Crippen molar-refractivity contribution in [3.05, 3.63) is 53.8 Å². The van der Waals surface area contributed by atoms with Crippen LogP contribution in [-0.2, 0) is 14.8 Å². The lowest BCUT2D eigenvalue weighted by Crippen LogP contribution is -2.40. The maximum absolute atomic E-state index is 13.1. The van der Waals surface area contributed by atoms with E-state index in [2.05, 4.69) is 5.32 Å². The van der Waals surface area contributed by atoms with Crippen LogP contribution in [-0.4, -0.2) is 46.1 Å². The van der Waals surface area contributed by atoms with Crippen LogP contribution < -0.4 is 10.1 Å². The second kappa shape index (κ2) is 8.24. The van der Waals surface area contributed by atoms with E-state index < -0.39 is 10.0 Å². The Morgan fingerprint density at radius 3 is 2.44 bits per heavy atom. The summed E-state index contributed by atoms with van der Waals surface area (Å²) in [4.78, 5) is 0.114. The molecule has 0 amide bonds. The topological polar surface area (TPSA) is 67.9 Å². The van der Waals surface area contributed by atoms with Gasteiger partial charge in [0.2, 0.25) is 10.0 Å². The molecule has 1 fully saturated rings. The van der Waals surface area contributed by atoms with Gasteiger partial charge in [-0.3, -0.25) is 0 Å². The molecule has 8 heteroatoms. The second-order valence-corrected chi connectivity index (χ2v) is 8.21. The Hall–Kier alpha value is -2.16. The van der Waals surface area contributed by atoms with E-state index in [0.29, 0.717) is 37.7 Å². The van der Waals surface area contributed by atoms with E-state index in [-0.39, 0.29) is 16.8 Å². The molecule has 2 aromatic rings. The molecular weight excluding hydrogens is 371 g/mol. The molecule has 1 aliphatic rings. The highest BCUT2D eigenvalue weighted by Gasteiger charge is 2.29. The minimum Gasteiger partial charge on any atom is -0.495 e. The monoisotopic (exact) mass is 394 g/mol. The number of nitrogens with one attached hydrogen (secondary N) is 1. The lowest BCUT2D eigenvalue weighted by Gasteiger charge is -2.27. The molecule has 1 aliphatic heterocycles. The number of rotatable bonds is 6. The summed E-state index contributed by atoms with van der Waals surface area (Å²) in [6, 6.07) is 11.0. The van der Waals surface area contributed by atoms with Gasteiger partial charge in [0.05, 0.1) is 20.3 Å². The first-order valence-electron chi connectivity index (χ1n) is 8.70. The number of benzene rings is 2. The second-order valence-electron chi connectivity index (χ2n) is 6.30. The summed E-state index contributed by atoms with van der Waals surface area (Å²) in [5.41, 5.74) is 1.53. The van der Waals surface area contributed by atoms with E-state index in [4.69, 9.17) is 9.47 Å². The van der Waals surface area contributed by atoms with Crippen molar-refractivity contribution in [1.29, 1.82) is 0 Å². The van der Waals surface area contributed by atoms with Gasteiger partial charge in [-0.15, -0.1) is 0 Å². The minimum absolute atomic E-state index is 0.114. The molecule has 27 heavy (non-hydrogen) atoms. The van der Waals surface area contributed by atoms with Crippen molar-refractivity contribution in [2.45, 2.75) is 17.9 Å². The summed E-state index contributed by atoms with van der Waals surface area (Å²) in [6.45, 7) is 3.31. The first-order valence-corrected chi connectivity index (χ1v) is 10.1. The summed E-state index contributed by atoms with van der Waals surface area (Å²) in [5, 5.41) is 3.26. The Balaban J connectivity index is 1.87. The van der Waals surface area contributed by atoms with Gasteiger partial charge in [-0.2, -0.15) is 4.31 Å². The fourth-order valence-corrected chi connectivity index (χ4v) is 4.57. The average Bonchev–Trinajstić information content (AvgIpc) is 2.69. The molecule has 0 spiro atoms. The third-order valence-corrected chi connectivity index (χ3v) is 6.42. The zero-order valence-corrected chi connectivity index (χ0v) is 16.1. The van der Waals surface area contributed by atoms with E-state index in [1.807, 2.05) is 6.92 Å². The van der Waals surface area contributed by atoms with Crippen LogP contribution in [0.15, 0.2) is 47.4 Å². The minimum atomic E-state index is -3.69. The van der Waals surface area contributed by atoms with Gasteiger partial charge in [-0.25, -0.2) is 12.8 Å². The molecule has 1 unspecified atom stereocenters. The highest BCUT2D eigenvalue weighted by molar-refractivity contribution is 7.89. The summed E-state index contributed by atoms with van der Waals surface area (Å²) >= 11 is 0. The van der Waals surface area contributed by atoms with Crippen molar-refractivity contribution in [2.24, 2.45) is 0 Å². The molecular formula is C19H23FN2O4S. The van der Waals surface area contributed by atoms with Gasteiger partial charge in [0.25, 0.3) is 0 Å². The van der Waals surface area contributed by atoms with Crippen molar-refractivity contribution in [1.82, 2.24) is 4.31 Å². The number of anilines is 1. The smallest absolute Gasteiger partial charge is 0.246 e. The van der Waals surface area contributed by atoms with Gasteiger partial charge in [0.15, 0.2) is 0 Å². The normalized spacial score (nSPS) is 16.7. The fourth-order valence-electron chi connectivity index (χ4n) is 2.98. The third-order valence-electron chi connectivity index (χ3n) is 4.50. The Morgan fingerprint density at radius 2 is 1.81 bits per heavy atom. The summed E-state index contributed by atoms with van der Waals surface area (Å²) in [7, 11) is -2.25. The molecule has 3 rings (SSSR count). The van der Waals surface area contributed by atoms with E-state index in [1.54, 1.807) is 30.3 Å². The number of halogens is 1. The van der Waals surface area contributed by atoms with Crippen molar-refractivity contribution in [3.8, 4) is 5.75 Å². The summed E-state index contributed by atoms with van der Waals surface area (Å²) in [6.07, 6.45) is 0. The molecule has 0 saturated carbocycles. The van der Waals surface area contributed by atoms with Gasteiger partial charge in [-0.05, 0) is 42.8 Å². The standard InChI is InChI=1S/C19H23FN2O4S/c1-14(15-3-5-16(20)6-4-15)21-17-7-8-18(25-2)19(13-17)27(23,24)22-9-11-26-12-10-22/h3-8,13-14,21H,9-12H2,1-2H3. The molecule has 1 N–H and O–H groups in total. The zero-order chi connectivity index (χ0) is 19.4. The molecule has 0 aromatic heterocycles. The van der Waals surface area contributed by atoms with Gasteiger partial charge >= 0.3 is 0 Å². The van der Waals surface area contributed by atoms with Gasteiger partial charge in [0, 0.05) is 24.8 Å². The molecule has 1 atom stereocenters. The molecule has 0 radical (unpaired) electrons. The van der Waals surface area contributed by atoms with Crippen LogP contribution in [0.25, 0.3) is 0 Å². The number of ether oxygens (including phenoxy) is 2. The maximum Gasteiger partial charge on any atom is 0.246 e. The van der Waals surface area contributed by atoms with E-state index in [1.165, 1.54) is 23.5 Å². The number of methoxy groups -OCH3 is 1. The number of sulfonamides is 1. The van der Waals surface area contributed by atoms with Crippen LogP contribution in [0.3, 0.4) is 0 Å². The Bertz CT molecular complexity index is 881. The number of hydrogen-bond acceptors (Lipinski definition) is 5. The average molecular weight is 394 g/mol. The van der Waals surface area contributed by atoms with E-state index in [0.717, 1.165) is 5.56 Å². The number of nitrogens with zero attached hydrogens (tertiary/aromatic N) is 1. The third kappa shape index (κ3) is 4.40. The van der Waals surface area contributed by atoms with Gasteiger partial charge < -0.3 is 14.8 Å². The zero-order valence-electron chi connectivity index (χ0n) is 15.3. The Labute approximate surface area is 159 Å². The van der Waals surface area contributed by atoms with Crippen LogP contribution in [0.5, 0.6) is 5.75 Å². The van der Waals surface area contributed by atoms with Crippen LogP contribution in [0.4, 0.5) is 10.1 Å². The first kappa shape index (κ1) is 19.6. The first-order chi connectivity index (χ1) is 12.9. The quantitative estimate of drug-likeness (QED) is 0.816. The van der Waals surface area contributed by atoms with Crippen LogP contribution >= 0.6 is 0 Å². The predicted octanol–water partition coefficient (Wildman–Crippen LogP) is 3.03. The number of hydrogen-bond donors (Lipinski definition) is 1. The predicted molar refractivity (Wildman–Crippen MR) is 101 cm³/mol. The molecule has 1 saturated heterocycles. The summed E-state index contributed by atoms with van der Waals surface area (Å²) < 4.78 is 51.1. The fraction of sp³-hybridized carbons (Fsp3) is 0.368. The molecule has 146 valence electrons. The highest BCUT2D eigenvalue weighted by atomic mass is 32.2. The lowest BCUT2D eigenvalue weighted by atomic mass is 10.1. The highest BCUT2D eigenvalue weighted by Crippen LogP contribution is 2.31. The molecule has 2 aromatic carbocycles. The molecule has 0 bridgehead atoms. The molecule has 0 aliphatic carbocycles. The number of morpholine rings is 1. The van der Waals surface area contributed by atoms with Gasteiger partial charge in [-0.1, -0.05) is 12.1 Å². The van der Waals surface area contributed by atoms with Crippen LogP contribution in [0.1, 0.15) is 18.5 Å². The SMILES string of the molecule is COc1ccc(NC(C)c2ccc(F)cc2)cc1S(=O)(=O)N1CCOCC1. The van der Waals surface area contributed by atoms with Crippen molar-refractivity contribution in [3.63, 3.8) is 0 Å². The maximum atomic E-state index is 13.1. The van der Waals surface area contributed by atoms with Crippen molar-refractivity contribution >= 4 is 15.7 Å². The lowest BCUT2D eigenvalue weighted by molar-refractivity contribution is 0.0729. The summed E-state index contributed by atoms with van der Waals surface area (Å²) in [5.74, 6) is -0.00392. The Morgan fingerprint density at radius 1 is 1.15 bits per heavy atom.